The van der Waals surface area contributed by atoms with Crippen molar-refractivity contribution in [3.63, 3.8) is 0 Å². The second-order valence-electron chi connectivity index (χ2n) is 4.23. The molecule has 1 aromatic rings. The number of hydrogen-bond acceptors (Lipinski definition) is 5. The Labute approximate surface area is 123 Å². The van der Waals surface area contributed by atoms with Crippen molar-refractivity contribution >= 4 is 17.2 Å². The Kier molecular flexibility index (Phi) is 7.92. The van der Waals surface area contributed by atoms with E-state index in [1.165, 1.54) is 0 Å². The van der Waals surface area contributed by atoms with E-state index in [1.54, 1.807) is 18.4 Å². The fourth-order valence-electron chi connectivity index (χ4n) is 1.60. The van der Waals surface area contributed by atoms with Crippen molar-refractivity contribution in [1.82, 2.24) is 10.2 Å². The van der Waals surface area contributed by atoms with Crippen molar-refractivity contribution in [1.29, 1.82) is 0 Å². The number of thiophene rings is 1. The van der Waals surface area contributed by atoms with Crippen LogP contribution in [0.3, 0.4) is 0 Å². The summed E-state index contributed by atoms with van der Waals surface area (Å²) in [5, 5.41) is 13.5. The summed E-state index contributed by atoms with van der Waals surface area (Å²) in [6.07, 6.45) is 0. The third-order valence-corrected chi connectivity index (χ3v) is 3.41. The quantitative estimate of drug-likeness (QED) is 0.561. The smallest absolute Gasteiger partial charge is 0.234 e. The third-order valence-electron chi connectivity index (χ3n) is 2.50. The number of rotatable bonds is 7. The largest absolute Gasteiger partial charge is 0.384 e. The van der Waals surface area contributed by atoms with Crippen LogP contribution in [0.25, 0.3) is 0 Å². The number of hydrogen-bond donors (Lipinski definition) is 2. The Morgan fingerprint density at radius 3 is 3.10 bits per heavy atom. The first-order valence-corrected chi connectivity index (χ1v) is 7.15. The summed E-state index contributed by atoms with van der Waals surface area (Å²) >= 11 is 1.60. The fourth-order valence-corrected chi connectivity index (χ4v) is 2.51. The molecule has 6 heteroatoms. The van der Waals surface area contributed by atoms with E-state index in [-0.39, 0.29) is 12.5 Å². The lowest BCUT2D eigenvalue weighted by atomic mass is 10.2. The van der Waals surface area contributed by atoms with E-state index in [0.717, 1.165) is 10.4 Å². The highest BCUT2D eigenvalue weighted by molar-refractivity contribution is 7.10. The Balaban J connectivity index is 2.44. The van der Waals surface area contributed by atoms with E-state index in [1.807, 2.05) is 23.4 Å². The Hall–Kier alpha value is -1.39. The summed E-state index contributed by atoms with van der Waals surface area (Å²) in [5.41, 5.74) is 0.913. The van der Waals surface area contributed by atoms with Crippen LogP contribution in [0.2, 0.25) is 0 Å². The number of ether oxygens (including phenoxy) is 1. The molecule has 0 saturated carbocycles. The summed E-state index contributed by atoms with van der Waals surface area (Å²) in [4.78, 5) is 14.7. The molecule has 1 heterocycles. The van der Waals surface area contributed by atoms with Crippen LogP contribution in [0.15, 0.2) is 11.4 Å². The van der Waals surface area contributed by atoms with Gasteiger partial charge in [-0.1, -0.05) is 11.8 Å². The molecule has 0 unspecified atom stereocenters. The molecule has 0 radical (unpaired) electrons. The maximum Gasteiger partial charge on any atom is 0.234 e. The molecule has 110 valence electrons. The van der Waals surface area contributed by atoms with E-state index in [4.69, 9.17) is 9.84 Å². The zero-order valence-corrected chi connectivity index (χ0v) is 12.6. The summed E-state index contributed by atoms with van der Waals surface area (Å²) in [6.45, 7) is 1.88. The van der Waals surface area contributed by atoms with Crippen LogP contribution >= 0.6 is 11.3 Å². The van der Waals surface area contributed by atoms with Gasteiger partial charge in [0.25, 0.3) is 0 Å². The fraction of sp³-hybridized carbons (Fsp3) is 0.500. The van der Waals surface area contributed by atoms with Crippen LogP contribution in [0.5, 0.6) is 0 Å². The average Bonchev–Trinajstić information content (AvgIpc) is 2.83. The molecule has 0 aromatic carbocycles. The predicted octanol–water partition coefficient (Wildman–Crippen LogP) is 0.286. The molecule has 1 aromatic heterocycles. The van der Waals surface area contributed by atoms with Crippen LogP contribution in [-0.4, -0.2) is 56.4 Å². The lowest BCUT2D eigenvalue weighted by Crippen LogP contribution is -2.36. The highest BCUT2D eigenvalue weighted by atomic mass is 32.1. The van der Waals surface area contributed by atoms with Gasteiger partial charge in [0.05, 0.1) is 13.2 Å². The summed E-state index contributed by atoms with van der Waals surface area (Å²) in [7, 11) is 3.49. The van der Waals surface area contributed by atoms with Crippen molar-refractivity contribution < 1.29 is 14.6 Å². The maximum absolute atomic E-state index is 11.6. The molecule has 0 saturated heterocycles. The van der Waals surface area contributed by atoms with Gasteiger partial charge in [-0.3, -0.25) is 9.69 Å². The molecule has 0 aliphatic carbocycles. The van der Waals surface area contributed by atoms with Crippen LogP contribution in [-0.2, 0) is 16.1 Å². The maximum atomic E-state index is 11.6. The van der Waals surface area contributed by atoms with Crippen LogP contribution in [0.4, 0.5) is 0 Å². The standard InChI is InChI=1S/C14H20N2O3S/c1-16(11-14(18)15-6-8-19-2)10-13-12(4-3-7-17)5-9-20-13/h5,9,17H,6-8,10-11H2,1-2H3,(H,15,18). The number of amides is 1. The molecule has 2 N–H and O–H groups in total. The van der Waals surface area contributed by atoms with Gasteiger partial charge in [0.15, 0.2) is 0 Å². The van der Waals surface area contributed by atoms with Crippen molar-refractivity contribution in [3.05, 3.63) is 21.9 Å². The highest BCUT2D eigenvalue weighted by Gasteiger charge is 2.09. The van der Waals surface area contributed by atoms with Crippen LogP contribution < -0.4 is 5.32 Å². The minimum absolute atomic E-state index is 0.0240. The first-order valence-electron chi connectivity index (χ1n) is 6.27. The van der Waals surface area contributed by atoms with Crippen LogP contribution in [0, 0.1) is 11.8 Å². The van der Waals surface area contributed by atoms with Gasteiger partial charge in [-0.05, 0) is 18.5 Å². The van der Waals surface area contributed by atoms with Gasteiger partial charge in [-0.15, -0.1) is 11.3 Å². The second kappa shape index (κ2) is 9.50. The van der Waals surface area contributed by atoms with E-state index in [2.05, 4.69) is 17.2 Å². The normalized spacial score (nSPS) is 10.2. The Bertz CT molecular complexity index is 476. The van der Waals surface area contributed by atoms with Gasteiger partial charge in [0.1, 0.15) is 6.61 Å². The van der Waals surface area contributed by atoms with Crippen molar-refractivity contribution in [2.24, 2.45) is 0 Å². The highest BCUT2D eigenvalue weighted by Crippen LogP contribution is 2.17. The lowest BCUT2D eigenvalue weighted by molar-refractivity contribution is -0.122. The van der Waals surface area contributed by atoms with Crippen molar-refractivity contribution in [2.75, 3.05) is 40.5 Å². The number of aliphatic hydroxyl groups is 1. The van der Waals surface area contributed by atoms with Gasteiger partial charge in [-0.2, -0.15) is 0 Å². The molecule has 0 atom stereocenters. The SMILES string of the molecule is COCCNC(=O)CN(C)Cc1sccc1C#CCO. The summed E-state index contributed by atoms with van der Waals surface area (Å²) < 4.78 is 4.87. The summed E-state index contributed by atoms with van der Waals surface area (Å²) in [6, 6.07) is 1.93. The monoisotopic (exact) mass is 296 g/mol. The molecule has 5 nitrogen and oxygen atoms in total. The first-order chi connectivity index (χ1) is 9.67. The molecule has 0 bridgehead atoms. The minimum Gasteiger partial charge on any atom is -0.384 e. The predicted molar refractivity (Wildman–Crippen MR) is 79.5 cm³/mol. The number of carbonyl (C=O) groups excluding carboxylic acids is 1. The molecule has 20 heavy (non-hydrogen) atoms. The van der Waals surface area contributed by atoms with Gasteiger partial charge >= 0.3 is 0 Å². The van der Waals surface area contributed by atoms with E-state index >= 15 is 0 Å². The number of aliphatic hydroxyl groups excluding tert-OH is 1. The zero-order valence-electron chi connectivity index (χ0n) is 11.8. The second-order valence-corrected chi connectivity index (χ2v) is 5.23. The van der Waals surface area contributed by atoms with Gasteiger partial charge in [-0.25, -0.2) is 0 Å². The zero-order chi connectivity index (χ0) is 14.8. The van der Waals surface area contributed by atoms with E-state index in [0.29, 0.717) is 26.2 Å². The van der Waals surface area contributed by atoms with Gasteiger partial charge < -0.3 is 15.2 Å². The number of methoxy groups -OCH3 is 1. The van der Waals surface area contributed by atoms with Crippen molar-refractivity contribution in [3.8, 4) is 11.8 Å². The average molecular weight is 296 g/mol. The van der Waals surface area contributed by atoms with Gasteiger partial charge in [0.2, 0.25) is 5.91 Å². The minimum atomic E-state index is -0.146. The third kappa shape index (κ3) is 6.17. The summed E-state index contributed by atoms with van der Waals surface area (Å²) in [5.74, 6) is 5.53. The van der Waals surface area contributed by atoms with E-state index < -0.39 is 0 Å². The number of nitrogens with one attached hydrogen (secondary N) is 1. The topological polar surface area (TPSA) is 61.8 Å². The molecular weight excluding hydrogens is 276 g/mol. The lowest BCUT2D eigenvalue weighted by Gasteiger charge is -2.15. The molecule has 0 aliphatic rings. The molecule has 1 amide bonds. The van der Waals surface area contributed by atoms with Gasteiger partial charge in [0, 0.05) is 30.6 Å². The Morgan fingerprint density at radius 2 is 2.40 bits per heavy atom. The molecule has 1 rings (SSSR count). The number of likely N-dealkylation sites (N-methyl/N-ethyl adjacent to an activating group) is 1. The molecular formula is C14H20N2O3S. The molecule has 0 aliphatic heterocycles. The van der Waals surface area contributed by atoms with Crippen LogP contribution in [0.1, 0.15) is 10.4 Å². The molecule has 0 fully saturated rings. The van der Waals surface area contributed by atoms with Crippen molar-refractivity contribution in [2.45, 2.75) is 6.54 Å². The Morgan fingerprint density at radius 1 is 1.60 bits per heavy atom. The molecule has 0 spiro atoms. The number of carbonyl (C=O) groups is 1. The first kappa shape index (κ1) is 16.7. The van der Waals surface area contributed by atoms with E-state index in [9.17, 15) is 4.79 Å². The number of nitrogens with zero attached hydrogens (tertiary/aromatic N) is 1.